The van der Waals surface area contributed by atoms with E-state index in [1.54, 1.807) is 30.3 Å². The normalized spacial score (nSPS) is 11.3. The number of carbonyl (C=O) groups excluding carboxylic acids is 2. The third kappa shape index (κ3) is 8.63. The van der Waals surface area contributed by atoms with Gasteiger partial charge in [0.2, 0.25) is 5.91 Å². The van der Waals surface area contributed by atoms with E-state index in [4.69, 9.17) is 0 Å². The van der Waals surface area contributed by atoms with E-state index in [0.29, 0.717) is 29.9 Å². The zero-order valence-corrected chi connectivity index (χ0v) is 16.8. The van der Waals surface area contributed by atoms with Gasteiger partial charge >= 0.3 is 18.4 Å². The number of benzene rings is 2. The van der Waals surface area contributed by atoms with Crippen LogP contribution in [-0.2, 0) is 22.6 Å². The lowest BCUT2D eigenvalue weighted by Gasteiger charge is -2.15. The van der Waals surface area contributed by atoms with Crippen molar-refractivity contribution in [1.82, 2.24) is 5.32 Å². The van der Waals surface area contributed by atoms with Crippen molar-refractivity contribution in [2.45, 2.75) is 32.3 Å². The quantitative estimate of drug-likeness (QED) is 0.478. The molecule has 2 aromatic rings. The highest BCUT2D eigenvalue weighted by molar-refractivity contribution is 5.89. The van der Waals surface area contributed by atoms with Gasteiger partial charge in [0, 0.05) is 24.8 Å². The fourth-order valence-electron chi connectivity index (χ4n) is 2.56. The van der Waals surface area contributed by atoms with Gasteiger partial charge in [-0.05, 0) is 41.8 Å². The smallest absolute Gasteiger partial charge is 0.330 e. The number of halogens is 4. The van der Waals surface area contributed by atoms with E-state index in [-0.39, 0.29) is 12.5 Å². The van der Waals surface area contributed by atoms with Crippen LogP contribution in [0, 0.1) is 0 Å². The second-order valence-electron chi connectivity index (χ2n) is 6.76. The molecule has 2 rings (SSSR count). The molecule has 2 aromatic carbocycles. The van der Waals surface area contributed by atoms with E-state index in [1.807, 2.05) is 12.1 Å². The molecule has 0 atom stereocenters. The minimum Gasteiger partial charge on any atom is -0.370 e. The van der Waals surface area contributed by atoms with Gasteiger partial charge in [-0.15, -0.1) is 0 Å². The first-order valence-electron chi connectivity index (χ1n) is 9.40. The SMILES string of the molecule is CC(=O)Nc1ccc(CCNC(=O)Nc2cccc(COCC(F)(F)C(F)F)c2)cc1. The van der Waals surface area contributed by atoms with Gasteiger partial charge in [-0.3, -0.25) is 4.79 Å². The predicted molar refractivity (Wildman–Crippen MR) is 109 cm³/mol. The second-order valence-corrected chi connectivity index (χ2v) is 6.76. The Morgan fingerprint density at radius 3 is 2.35 bits per heavy atom. The lowest BCUT2D eigenvalue weighted by molar-refractivity contribution is -0.168. The molecule has 3 amide bonds. The van der Waals surface area contributed by atoms with Crippen molar-refractivity contribution >= 4 is 23.3 Å². The Kier molecular flexibility index (Phi) is 8.80. The molecular weight excluding hydrogens is 418 g/mol. The first-order chi connectivity index (χ1) is 14.7. The Bertz CT molecular complexity index is 876. The molecule has 6 nitrogen and oxygen atoms in total. The van der Waals surface area contributed by atoms with Crippen LogP contribution in [-0.4, -0.2) is 37.4 Å². The number of alkyl halides is 4. The van der Waals surface area contributed by atoms with Crippen LogP contribution < -0.4 is 16.0 Å². The summed E-state index contributed by atoms with van der Waals surface area (Å²) in [5, 5.41) is 7.96. The summed E-state index contributed by atoms with van der Waals surface area (Å²) in [5.41, 5.74) is 2.50. The van der Waals surface area contributed by atoms with Gasteiger partial charge in [0.15, 0.2) is 0 Å². The Balaban J connectivity index is 1.75. The lowest BCUT2D eigenvalue weighted by atomic mass is 10.1. The average Bonchev–Trinajstić information content (AvgIpc) is 2.69. The molecule has 0 saturated carbocycles. The van der Waals surface area contributed by atoms with Gasteiger partial charge in [0.05, 0.1) is 6.61 Å². The number of rotatable bonds is 10. The van der Waals surface area contributed by atoms with Crippen LogP contribution in [0.1, 0.15) is 18.1 Å². The molecule has 0 aliphatic heterocycles. The molecule has 0 aliphatic rings. The average molecular weight is 441 g/mol. The summed E-state index contributed by atoms with van der Waals surface area (Å²) in [4.78, 5) is 23.0. The molecule has 3 N–H and O–H groups in total. The van der Waals surface area contributed by atoms with Crippen molar-refractivity contribution < 1.29 is 31.9 Å². The molecule has 0 heterocycles. The van der Waals surface area contributed by atoms with E-state index in [0.717, 1.165) is 5.56 Å². The second kappa shape index (κ2) is 11.3. The largest absolute Gasteiger partial charge is 0.370 e. The van der Waals surface area contributed by atoms with E-state index in [1.165, 1.54) is 13.0 Å². The summed E-state index contributed by atoms with van der Waals surface area (Å²) < 4.78 is 54.6. The highest BCUT2D eigenvalue weighted by atomic mass is 19.3. The van der Waals surface area contributed by atoms with Crippen LogP contribution >= 0.6 is 0 Å². The van der Waals surface area contributed by atoms with Crippen LogP contribution in [0.3, 0.4) is 0 Å². The number of urea groups is 1. The Labute approximate surface area is 177 Å². The van der Waals surface area contributed by atoms with Gasteiger partial charge in [0.25, 0.3) is 0 Å². The fourth-order valence-corrected chi connectivity index (χ4v) is 2.56. The molecule has 10 heteroatoms. The number of hydrogen-bond donors (Lipinski definition) is 3. The first-order valence-corrected chi connectivity index (χ1v) is 9.40. The minimum atomic E-state index is -4.21. The maximum absolute atomic E-state index is 12.9. The maximum Gasteiger partial charge on any atom is 0.330 e. The maximum atomic E-state index is 12.9. The molecule has 0 aliphatic carbocycles. The highest BCUT2D eigenvalue weighted by Gasteiger charge is 2.40. The summed E-state index contributed by atoms with van der Waals surface area (Å²) >= 11 is 0. The predicted octanol–water partition coefficient (Wildman–Crippen LogP) is 4.43. The van der Waals surface area contributed by atoms with Crippen molar-refractivity contribution in [1.29, 1.82) is 0 Å². The van der Waals surface area contributed by atoms with Crippen LogP contribution in [0.4, 0.5) is 33.7 Å². The molecule has 168 valence electrons. The molecule has 31 heavy (non-hydrogen) atoms. The van der Waals surface area contributed by atoms with Crippen molar-refractivity contribution in [3.05, 3.63) is 59.7 Å². The highest BCUT2D eigenvalue weighted by Crippen LogP contribution is 2.23. The molecule has 0 bridgehead atoms. The van der Waals surface area contributed by atoms with Gasteiger partial charge in [0.1, 0.15) is 6.61 Å². The van der Waals surface area contributed by atoms with Crippen LogP contribution in [0.15, 0.2) is 48.5 Å². The van der Waals surface area contributed by atoms with Crippen molar-refractivity contribution in [3.63, 3.8) is 0 Å². The fraction of sp³-hybridized carbons (Fsp3) is 0.333. The summed E-state index contributed by atoms with van der Waals surface area (Å²) in [6.45, 7) is 0.0877. The number of anilines is 2. The van der Waals surface area contributed by atoms with E-state index < -0.39 is 25.0 Å². The van der Waals surface area contributed by atoms with Gasteiger partial charge in [-0.25, -0.2) is 13.6 Å². The zero-order chi connectivity index (χ0) is 22.9. The van der Waals surface area contributed by atoms with Gasteiger partial charge < -0.3 is 20.7 Å². The topological polar surface area (TPSA) is 79.5 Å². The number of ether oxygens (including phenoxy) is 1. The lowest BCUT2D eigenvalue weighted by Crippen LogP contribution is -2.32. The Morgan fingerprint density at radius 2 is 1.71 bits per heavy atom. The molecule has 0 aromatic heterocycles. The summed E-state index contributed by atoms with van der Waals surface area (Å²) in [7, 11) is 0. The molecule has 0 unspecified atom stereocenters. The number of amides is 3. The summed E-state index contributed by atoms with van der Waals surface area (Å²) in [5.74, 6) is -4.37. The monoisotopic (exact) mass is 441 g/mol. The van der Waals surface area contributed by atoms with Crippen molar-refractivity contribution in [2.75, 3.05) is 23.8 Å². The molecular formula is C21H23F4N3O3. The molecule has 0 saturated heterocycles. The van der Waals surface area contributed by atoms with Crippen molar-refractivity contribution in [3.8, 4) is 0 Å². The number of hydrogen-bond acceptors (Lipinski definition) is 3. The molecule has 0 fully saturated rings. The van der Waals surface area contributed by atoms with E-state index in [9.17, 15) is 27.2 Å². The van der Waals surface area contributed by atoms with E-state index in [2.05, 4.69) is 20.7 Å². The standard InChI is InChI=1S/C21H23F4N3O3/c1-14(29)27-17-7-5-15(6-8-17)9-10-26-20(30)28-18-4-2-3-16(11-18)12-31-13-21(24,25)19(22)23/h2-8,11,19H,9-10,12-13H2,1H3,(H,27,29)(H2,26,28,30). The zero-order valence-electron chi connectivity index (χ0n) is 16.8. The summed E-state index contributed by atoms with van der Waals surface area (Å²) in [6, 6.07) is 13.0. The van der Waals surface area contributed by atoms with E-state index >= 15 is 0 Å². The summed E-state index contributed by atoms with van der Waals surface area (Å²) in [6.07, 6.45) is -3.22. The van der Waals surface area contributed by atoms with Crippen molar-refractivity contribution in [2.24, 2.45) is 0 Å². The number of carbonyl (C=O) groups is 2. The van der Waals surface area contributed by atoms with Crippen LogP contribution in [0.2, 0.25) is 0 Å². The van der Waals surface area contributed by atoms with Crippen LogP contribution in [0.25, 0.3) is 0 Å². The Morgan fingerprint density at radius 1 is 1.00 bits per heavy atom. The minimum absolute atomic E-state index is 0.159. The Hall–Kier alpha value is -3.14. The number of nitrogens with one attached hydrogen (secondary N) is 3. The third-order valence-corrected chi connectivity index (χ3v) is 4.04. The van der Waals surface area contributed by atoms with Gasteiger partial charge in [-0.2, -0.15) is 8.78 Å². The first kappa shape index (κ1) is 24.1. The molecule has 0 spiro atoms. The van der Waals surface area contributed by atoms with Gasteiger partial charge in [-0.1, -0.05) is 24.3 Å². The third-order valence-electron chi connectivity index (χ3n) is 4.04. The van der Waals surface area contributed by atoms with Crippen LogP contribution in [0.5, 0.6) is 0 Å². The molecule has 0 radical (unpaired) electrons.